The summed E-state index contributed by atoms with van der Waals surface area (Å²) < 4.78 is 10.2. The first kappa shape index (κ1) is 13.1. The highest BCUT2D eigenvalue weighted by molar-refractivity contribution is 6.43. The first-order chi connectivity index (χ1) is 9.19. The van der Waals surface area contributed by atoms with Gasteiger partial charge in [-0.2, -0.15) is 0 Å². The zero-order valence-electron chi connectivity index (χ0n) is 10.9. The van der Waals surface area contributed by atoms with Crippen LogP contribution >= 0.6 is 0 Å². The Kier molecular flexibility index (Phi) is 3.85. The largest absolute Gasteiger partial charge is 0.493 e. The van der Waals surface area contributed by atoms with Gasteiger partial charge >= 0.3 is 5.97 Å². The highest BCUT2D eigenvalue weighted by Crippen LogP contribution is 2.29. The fraction of sp³-hybridized carbons (Fsp3) is 0.286. The van der Waals surface area contributed by atoms with Crippen LogP contribution in [-0.2, 0) is 9.53 Å². The van der Waals surface area contributed by atoms with Crippen molar-refractivity contribution in [2.75, 3.05) is 13.2 Å². The third-order valence-electron chi connectivity index (χ3n) is 2.67. The molecule has 2 rings (SSSR count). The van der Waals surface area contributed by atoms with Crippen molar-refractivity contribution in [1.29, 1.82) is 0 Å². The summed E-state index contributed by atoms with van der Waals surface area (Å²) in [6.45, 7) is 4.17. The lowest BCUT2D eigenvalue weighted by atomic mass is 10.1. The van der Waals surface area contributed by atoms with Gasteiger partial charge in [0.05, 0.1) is 24.2 Å². The molecule has 0 aliphatic rings. The van der Waals surface area contributed by atoms with Gasteiger partial charge in [0, 0.05) is 11.7 Å². The Morgan fingerprint density at radius 1 is 1.21 bits per heavy atom. The van der Waals surface area contributed by atoms with Gasteiger partial charge in [-0.3, -0.25) is 4.79 Å². The molecule has 0 aliphatic carbocycles. The zero-order valence-corrected chi connectivity index (χ0v) is 10.9. The van der Waals surface area contributed by atoms with Crippen LogP contribution in [0.2, 0.25) is 0 Å². The topological polar surface area (TPSA) is 68.4 Å². The fourth-order valence-electron chi connectivity index (χ4n) is 1.91. The van der Waals surface area contributed by atoms with Crippen molar-refractivity contribution in [2.45, 2.75) is 13.8 Å². The number of aromatic amines is 1. The Labute approximate surface area is 110 Å². The van der Waals surface area contributed by atoms with Crippen molar-refractivity contribution in [3.8, 4) is 5.75 Å². The molecule has 1 N–H and O–H groups in total. The molecule has 1 aromatic heterocycles. The minimum atomic E-state index is -0.852. The predicted octanol–water partition coefficient (Wildman–Crippen LogP) is 2.31. The Balaban J connectivity index is 2.49. The number of esters is 1. The van der Waals surface area contributed by atoms with Gasteiger partial charge in [-0.05, 0) is 26.0 Å². The Bertz CT molecular complexity index is 615. The number of fused-ring (bicyclic) bond motifs is 1. The van der Waals surface area contributed by atoms with Gasteiger partial charge in [0.1, 0.15) is 5.75 Å². The SMILES string of the molecule is CCOC(=O)C(=O)c1c[nH]c2cccc(OCC)c12. The molecular weight excluding hydrogens is 246 g/mol. The number of carbonyl (C=O) groups is 2. The number of ketones is 1. The van der Waals surface area contributed by atoms with E-state index in [0.717, 1.165) is 5.52 Å². The Hall–Kier alpha value is -2.30. The monoisotopic (exact) mass is 261 g/mol. The van der Waals surface area contributed by atoms with Crippen LogP contribution in [0, 0.1) is 0 Å². The van der Waals surface area contributed by atoms with Gasteiger partial charge in [0.15, 0.2) is 0 Å². The summed E-state index contributed by atoms with van der Waals surface area (Å²) in [5.74, 6) is -0.941. The first-order valence-corrected chi connectivity index (χ1v) is 6.13. The minimum Gasteiger partial charge on any atom is -0.493 e. The zero-order chi connectivity index (χ0) is 13.8. The van der Waals surface area contributed by atoms with Crippen LogP contribution in [0.15, 0.2) is 24.4 Å². The lowest BCUT2D eigenvalue weighted by Crippen LogP contribution is -2.17. The van der Waals surface area contributed by atoms with E-state index in [1.165, 1.54) is 6.20 Å². The number of benzene rings is 1. The van der Waals surface area contributed by atoms with Gasteiger partial charge in [0.2, 0.25) is 0 Å². The lowest BCUT2D eigenvalue weighted by Gasteiger charge is -2.06. The predicted molar refractivity (Wildman–Crippen MR) is 70.4 cm³/mol. The number of ether oxygens (including phenoxy) is 2. The van der Waals surface area contributed by atoms with E-state index < -0.39 is 11.8 Å². The van der Waals surface area contributed by atoms with Gasteiger partial charge in [0.25, 0.3) is 5.78 Å². The lowest BCUT2D eigenvalue weighted by molar-refractivity contribution is -0.137. The third kappa shape index (κ3) is 2.45. The maximum absolute atomic E-state index is 12.0. The molecule has 0 bridgehead atoms. The summed E-state index contributed by atoms with van der Waals surface area (Å²) in [6.07, 6.45) is 1.51. The summed E-state index contributed by atoms with van der Waals surface area (Å²) in [4.78, 5) is 26.5. The van der Waals surface area contributed by atoms with E-state index in [1.807, 2.05) is 19.1 Å². The first-order valence-electron chi connectivity index (χ1n) is 6.13. The molecule has 0 unspecified atom stereocenters. The molecule has 19 heavy (non-hydrogen) atoms. The fourth-order valence-corrected chi connectivity index (χ4v) is 1.91. The summed E-state index contributed by atoms with van der Waals surface area (Å²) in [6, 6.07) is 5.41. The smallest absolute Gasteiger partial charge is 0.379 e. The highest BCUT2D eigenvalue weighted by atomic mass is 16.5. The van der Waals surface area contributed by atoms with Crippen LogP contribution in [0.5, 0.6) is 5.75 Å². The van der Waals surface area contributed by atoms with Crippen LogP contribution in [-0.4, -0.2) is 30.0 Å². The summed E-state index contributed by atoms with van der Waals surface area (Å²) >= 11 is 0. The van der Waals surface area contributed by atoms with E-state index in [0.29, 0.717) is 17.7 Å². The average molecular weight is 261 g/mol. The van der Waals surface area contributed by atoms with Gasteiger partial charge < -0.3 is 14.5 Å². The van der Waals surface area contributed by atoms with Crippen molar-refractivity contribution in [3.05, 3.63) is 30.0 Å². The molecular formula is C14H15NO4. The molecule has 1 aromatic carbocycles. The van der Waals surface area contributed by atoms with Gasteiger partial charge in [-0.15, -0.1) is 0 Å². The van der Waals surface area contributed by atoms with Crippen molar-refractivity contribution >= 4 is 22.7 Å². The van der Waals surface area contributed by atoms with Crippen LogP contribution < -0.4 is 4.74 Å². The molecule has 0 amide bonds. The average Bonchev–Trinajstić information content (AvgIpc) is 2.83. The number of aromatic nitrogens is 1. The normalized spacial score (nSPS) is 10.4. The number of Topliss-reactive ketones (excluding diaryl/α,β-unsaturated/α-hetero) is 1. The number of nitrogens with one attached hydrogen (secondary N) is 1. The van der Waals surface area contributed by atoms with Gasteiger partial charge in [-0.1, -0.05) is 6.07 Å². The minimum absolute atomic E-state index is 0.172. The molecule has 100 valence electrons. The number of rotatable bonds is 5. The summed E-state index contributed by atoms with van der Waals surface area (Å²) in [7, 11) is 0. The van der Waals surface area contributed by atoms with Crippen molar-refractivity contribution in [1.82, 2.24) is 4.98 Å². The molecule has 0 saturated carbocycles. The molecule has 0 spiro atoms. The number of H-pyrrole nitrogens is 1. The molecule has 1 heterocycles. The molecule has 5 nitrogen and oxygen atoms in total. The van der Waals surface area contributed by atoms with Crippen LogP contribution in [0.3, 0.4) is 0 Å². The number of hydrogen-bond acceptors (Lipinski definition) is 4. The summed E-state index contributed by atoms with van der Waals surface area (Å²) in [5, 5.41) is 0.613. The maximum atomic E-state index is 12.0. The second kappa shape index (κ2) is 5.56. The second-order valence-electron chi connectivity index (χ2n) is 3.86. The van der Waals surface area contributed by atoms with Crippen molar-refractivity contribution in [3.63, 3.8) is 0 Å². The molecule has 0 atom stereocenters. The van der Waals surface area contributed by atoms with Crippen molar-refractivity contribution < 1.29 is 19.1 Å². The van der Waals surface area contributed by atoms with E-state index in [-0.39, 0.29) is 12.2 Å². The van der Waals surface area contributed by atoms with E-state index in [1.54, 1.807) is 13.0 Å². The highest BCUT2D eigenvalue weighted by Gasteiger charge is 2.22. The van der Waals surface area contributed by atoms with Crippen molar-refractivity contribution in [2.24, 2.45) is 0 Å². The standard InChI is InChI=1S/C14H15NO4/c1-3-18-11-7-5-6-10-12(11)9(8-15-10)13(16)14(17)19-4-2/h5-8,15H,3-4H2,1-2H3. The summed E-state index contributed by atoms with van der Waals surface area (Å²) in [5.41, 5.74) is 1.02. The van der Waals surface area contributed by atoms with E-state index in [4.69, 9.17) is 9.47 Å². The molecule has 0 fully saturated rings. The van der Waals surface area contributed by atoms with Crippen LogP contribution in [0.1, 0.15) is 24.2 Å². The Morgan fingerprint density at radius 3 is 2.68 bits per heavy atom. The molecule has 0 aliphatic heterocycles. The number of carbonyl (C=O) groups excluding carboxylic acids is 2. The van der Waals surface area contributed by atoms with Gasteiger partial charge in [-0.25, -0.2) is 4.79 Å². The van der Waals surface area contributed by atoms with E-state index in [9.17, 15) is 9.59 Å². The maximum Gasteiger partial charge on any atom is 0.379 e. The number of hydrogen-bond donors (Lipinski definition) is 1. The quantitative estimate of drug-likeness (QED) is 0.509. The Morgan fingerprint density at radius 2 is 2.00 bits per heavy atom. The molecule has 0 saturated heterocycles. The molecule has 0 radical (unpaired) electrons. The molecule has 2 aromatic rings. The van der Waals surface area contributed by atoms with E-state index >= 15 is 0 Å². The molecule has 5 heteroatoms. The van der Waals surface area contributed by atoms with Crippen LogP contribution in [0.25, 0.3) is 10.9 Å². The van der Waals surface area contributed by atoms with Crippen LogP contribution in [0.4, 0.5) is 0 Å². The van der Waals surface area contributed by atoms with E-state index in [2.05, 4.69) is 4.98 Å². The second-order valence-corrected chi connectivity index (χ2v) is 3.86. The third-order valence-corrected chi connectivity index (χ3v) is 2.67.